The van der Waals surface area contributed by atoms with Crippen LogP contribution in [0.15, 0.2) is 48.5 Å². The fourth-order valence-corrected chi connectivity index (χ4v) is 2.38. The summed E-state index contributed by atoms with van der Waals surface area (Å²) in [5.74, 6) is -4.20. The van der Waals surface area contributed by atoms with E-state index in [9.17, 15) is 18.0 Å². The van der Waals surface area contributed by atoms with Crippen molar-refractivity contribution < 1.29 is 27.4 Å². The molecule has 3 aromatic carbocycles. The first-order chi connectivity index (χ1) is 12.0. The van der Waals surface area contributed by atoms with Crippen LogP contribution in [0.4, 0.5) is 13.2 Å². The van der Waals surface area contributed by atoms with Gasteiger partial charge in [0.25, 0.3) is 0 Å². The lowest BCUT2D eigenvalue weighted by atomic mass is 10.1. The van der Waals surface area contributed by atoms with Gasteiger partial charge in [0.2, 0.25) is 5.75 Å². The van der Waals surface area contributed by atoms with E-state index in [1.807, 2.05) is 0 Å². The average Bonchev–Trinajstić information content (AvgIpc) is 2.57. The molecule has 0 spiro atoms. The average molecular weight is 346 g/mol. The van der Waals surface area contributed by atoms with E-state index in [-0.39, 0.29) is 17.9 Å². The van der Waals surface area contributed by atoms with Crippen LogP contribution in [-0.4, -0.2) is 12.6 Å². The molecule has 0 saturated carbocycles. The topological polar surface area (TPSA) is 35.5 Å². The van der Waals surface area contributed by atoms with Gasteiger partial charge in [-0.2, -0.15) is 0 Å². The van der Waals surface area contributed by atoms with E-state index >= 15 is 0 Å². The van der Waals surface area contributed by atoms with Crippen LogP contribution in [0.1, 0.15) is 17.3 Å². The minimum atomic E-state index is -1.04. The SMILES string of the molecule is CCOc1cc(F)c(OC(=O)c2ccc3cc(F)ccc3c2)c(F)c1. The third-order valence-corrected chi connectivity index (χ3v) is 3.52. The third-order valence-electron chi connectivity index (χ3n) is 3.52. The van der Waals surface area contributed by atoms with E-state index in [0.29, 0.717) is 10.8 Å². The summed E-state index contributed by atoms with van der Waals surface area (Å²) < 4.78 is 51.0. The molecule has 0 fully saturated rings. The molecular formula is C19H13F3O3. The zero-order valence-corrected chi connectivity index (χ0v) is 13.2. The van der Waals surface area contributed by atoms with Gasteiger partial charge in [0.1, 0.15) is 11.6 Å². The Balaban J connectivity index is 1.88. The lowest BCUT2D eigenvalue weighted by molar-refractivity contribution is 0.0720. The van der Waals surface area contributed by atoms with Gasteiger partial charge in [0.05, 0.1) is 12.2 Å². The number of benzene rings is 3. The van der Waals surface area contributed by atoms with Gasteiger partial charge in [-0.15, -0.1) is 0 Å². The highest BCUT2D eigenvalue weighted by Gasteiger charge is 2.18. The maximum atomic E-state index is 14.0. The molecule has 128 valence electrons. The highest BCUT2D eigenvalue weighted by molar-refractivity contribution is 5.96. The summed E-state index contributed by atoms with van der Waals surface area (Å²) in [5, 5.41) is 1.19. The second-order valence-corrected chi connectivity index (χ2v) is 5.24. The van der Waals surface area contributed by atoms with Crippen molar-refractivity contribution in [1.82, 2.24) is 0 Å². The molecule has 0 aliphatic carbocycles. The Morgan fingerprint density at radius 3 is 2.24 bits per heavy atom. The second-order valence-electron chi connectivity index (χ2n) is 5.24. The zero-order valence-electron chi connectivity index (χ0n) is 13.2. The van der Waals surface area contributed by atoms with E-state index < -0.39 is 29.2 Å². The number of carbonyl (C=O) groups excluding carboxylic acids is 1. The number of hydrogen-bond donors (Lipinski definition) is 0. The van der Waals surface area contributed by atoms with Crippen LogP contribution in [0.3, 0.4) is 0 Å². The van der Waals surface area contributed by atoms with Gasteiger partial charge in [0, 0.05) is 12.1 Å². The van der Waals surface area contributed by atoms with Crippen LogP contribution in [0.25, 0.3) is 10.8 Å². The van der Waals surface area contributed by atoms with Crippen molar-refractivity contribution in [2.45, 2.75) is 6.92 Å². The molecule has 0 aromatic heterocycles. The Kier molecular flexibility index (Phi) is 4.61. The van der Waals surface area contributed by atoms with Crippen LogP contribution in [0.5, 0.6) is 11.5 Å². The number of halogens is 3. The van der Waals surface area contributed by atoms with Crippen molar-refractivity contribution in [3.63, 3.8) is 0 Å². The molecule has 0 unspecified atom stereocenters. The summed E-state index contributed by atoms with van der Waals surface area (Å²) in [4.78, 5) is 12.2. The summed E-state index contributed by atoms with van der Waals surface area (Å²) in [7, 11) is 0. The van der Waals surface area contributed by atoms with Gasteiger partial charge in [-0.3, -0.25) is 0 Å². The van der Waals surface area contributed by atoms with Crippen LogP contribution < -0.4 is 9.47 Å². The lowest BCUT2D eigenvalue weighted by Gasteiger charge is -2.09. The van der Waals surface area contributed by atoms with Crippen molar-refractivity contribution in [3.8, 4) is 11.5 Å². The number of hydrogen-bond acceptors (Lipinski definition) is 3. The molecule has 0 atom stereocenters. The van der Waals surface area contributed by atoms with Crippen LogP contribution in [0, 0.1) is 17.5 Å². The lowest BCUT2D eigenvalue weighted by Crippen LogP contribution is -2.11. The Labute approximate surface area is 141 Å². The van der Waals surface area contributed by atoms with Gasteiger partial charge in [-0.1, -0.05) is 12.1 Å². The molecule has 0 aliphatic rings. The first kappa shape index (κ1) is 16.8. The monoisotopic (exact) mass is 346 g/mol. The number of fused-ring (bicyclic) bond motifs is 1. The summed E-state index contributed by atoms with van der Waals surface area (Å²) in [6.07, 6.45) is 0. The number of esters is 1. The first-order valence-corrected chi connectivity index (χ1v) is 7.51. The van der Waals surface area contributed by atoms with E-state index in [2.05, 4.69) is 0 Å². The van der Waals surface area contributed by atoms with Crippen LogP contribution in [0.2, 0.25) is 0 Å². The van der Waals surface area contributed by atoms with Crippen molar-refractivity contribution in [2.24, 2.45) is 0 Å². The maximum Gasteiger partial charge on any atom is 0.343 e. The molecule has 0 bridgehead atoms. The predicted octanol–water partition coefficient (Wildman–Crippen LogP) is 4.88. The minimum Gasteiger partial charge on any atom is -0.494 e. The first-order valence-electron chi connectivity index (χ1n) is 7.51. The molecule has 0 heterocycles. The molecular weight excluding hydrogens is 333 g/mol. The highest BCUT2D eigenvalue weighted by atomic mass is 19.1. The number of carbonyl (C=O) groups is 1. The van der Waals surface area contributed by atoms with Crippen molar-refractivity contribution in [1.29, 1.82) is 0 Å². The van der Waals surface area contributed by atoms with Crippen molar-refractivity contribution >= 4 is 16.7 Å². The number of rotatable bonds is 4. The fraction of sp³-hybridized carbons (Fsp3) is 0.105. The fourth-order valence-electron chi connectivity index (χ4n) is 2.38. The normalized spacial score (nSPS) is 10.7. The van der Waals surface area contributed by atoms with E-state index in [0.717, 1.165) is 12.1 Å². The Morgan fingerprint density at radius 2 is 1.56 bits per heavy atom. The standard InChI is InChI=1S/C19H13F3O3/c1-2-24-15-9-16(21)18(17(22)10-15)25-19(23)13-4-3-12-8-14(20)6-5-11(12)7-13/h3-10H,2H2,1H3. The third kappa shape index (κ3) is 3.57. The molecule has 6 heteroatoms. The van der Waals surface area contributed by atoms with Crippen molar-refractivity contribution in [3.05, 3.63) is 71.5 Å². The van der Waals surface area contributed by atoms with Gasteiger partial charge >= 0.3 is 5.97 Å². The molecule has 0 aliphatic heterocycles. The molecule has 0 amide bonds. The molecule has 3 nitrogen and oxygen atoms in total. The van der Waals surface area contributed by atoms with Gasteiger partial charge in [-0.25, -0.2) is 18.0 Å². The Morgan fingerprint density at radius 1 is 0.920 bits per heavy atom. The molecule has 3 rings (SSSR count). The largest absolute Gasteiger partial charge is 0.494 e. The highest BCUT2D eigenvalue weighted by Crippen LogP contribution is 2.28. The molecule has 0 N–H and O–H groups in total. The second kappa shape index (κ2) is 6.84. The van der Waals surface area contributed by atoms with E-state index in [1.165, 1.54) is 36.4 Å². The summed E-state index contributed by atoms with van der Waals surface area (Å²) in [5.41, 5.74) is 0.0896. The molecule has 3 aromatic rings. The zero-order chi connectivity index (χ0) is 18.0. The maximum absolute atomic E-state index is 14.0. The number of ether oxygens (including phenoxy) is 2. The van der Waals surface area contributed by atoms with E-state index in [1.54, 1.807) is 6.92 Å². The van der Waals surface area contributed by atoms with Crippen LogP contribution in [-0.2, 0) is 0 Å². The minimum absolute atomic E-state index is 0.00466. The predicted molar refractivity (Wildman–Crippen MR) is 86.4 cm³/mol. The quantitative estimate of drug-likeness (QED) is 0.499. The van der Waals surface area contributed by atoms with Crippen molar-refractivity contribution in [2.75, 3.05) is 6.61 Å². The molecule has 0 radical (unpaired) electrons. The molecule has 25 heavy (non-hydrogen) atoms. The van der Waals surface area contributed by atoms with Gasteiger partial charge in [0.15, 0.2) is 11.6 Å². The summed E-state index contributed by atoms with van der Waals surface area (Å²) in [6.45, 7) is 1.92. The van der Waals surface area contributed by atoms with Gasteiger partial charge in [-0.05, 0) is 42.0 Å². The van der Waals surface area contributed by atoms with E-state index in [4.69, 9.17) is 9.47 Å². The smallest absolute Gasteiger partial charge is 0.343 e. The van der Waals surface area contributed by atoms with Crippen LogP contribution >= 0.6 is 0 Å². The summed E-state index contributed by atoms with van der Waals surface area (Å²) >= 11 is 0. The summed E-state index contributed by atoms with van der Waals surface area (Å²) in [6, 6.07) is 10.3. The molecule has 0 saturated heterocycles. The van der Waals surface area contributed by atoms with Gasteiger partial charge < -0.3 is 9.47 Å². The Hall–Kier alpha value is -3.02. The Bertz CT molecular complexity index is 931.